The molecule has 33 heavy (non-hydrogen) atoms. The Morgan fingerprint density at radius 2 is 1.79 bits per heavy atom. The van der Waals surface area contributed by atoms with Gasteiger partial charge in [0.2, 0.25) is 12.6 Å². The third-order valence-corrected chi connectivity index (χ3v) is 5.89. The molecule has 0 aliphatic carbocycles. The van der Waals surface area contributed by atoms with Crippen LogP contribution in [0.3, 0.4) is 0 Å². The van der Waals surface area contributed by atoms with E-state index in [1.807, 2.05) is 0 Å². The summed E-state index contributed by atoms with van der Waals surface area (Å²) in [5, 5.41) is 0.509. The summed E-state index contributed by atoms with van der Waals surface area (Å²) in [6, 6.07) is 12.3. The zero-order valence-corrected chi connectivity index (χ0v) is 18.6. The molecule has 2 aromatic carbocycles. The normalized spacial score (nSPS) is 13.0. The third kappa shape index (κ3) is 3.84. The summed E-state index contributed by atoms with van der Waals surface area (Å²) in [5.41, 5.74) is 1.16. The topological polar surface area (TPSA) is 65.1 Å². The molecule has 0 fully saturated rings. The van der Waals surface area contributed by atoms with Gasteiger partial charge in [-0.1, -0.05) is 12.1 Å². The van der Waals surface area contributed by atoms with Gasteiger partial charge >= 0.3 is 6.18 Å². The van der Waals surface area contributed by atoms with Gasteiger partial charge in [0.1, 0.15) is 17.1 Å². The number of rotatable bonds is 4. The number of furan rings is 2. The molecule has 1 amide bonds. The number of alkyl halides is 3. The van der Waals surface area contributed by atoms with Crippen LogP contribution in [0.1, 0.15) is 27.6 Å². The number of aryl methyl sites for hydroxylation is 1. The van der Waals surface area contributed by atoms with Crippen molar-refractivity contribution in [3.8, 4) is 11.5 Å². The number of benzene rings is 2. The fourth-order valence-electron chi connectivity index (χ4n) is 3.72. The highest BCUT2D eigenvalue weighted by molar-refractivity contribution is 9.10. The van der Waals surface area contributed by atoms with E-state index in [0.717, 1.165) is 6.07 Å². The third-order valence-electron chi connectivity index (χ3n) is 5.22. The first-order valence-corrected chi connectivity index (χ1v) is 10.6. The Balaban J connectivity index is 1.60. The molecule has 2 aromatic heterocycles. The van der Waals surface area contributed by atoms with Gasteiger partial charge in [-0.2, -0.15) is 13.2 Å². The van der Waals surface area contributed by atoms with Crippen molar-refractivity contribution in [2.75, 3.05) is 11.7 Å². The average Bonchev–Trinajstić information content (AvgIpc) is 3.47. The molecule has 0 saturated carbocycles. The predicted octanol–water partition coefficient (Wildman–Crippen LogP) is 6.69. The summed E-state index contributed by atoms with van der Waals surface area (Å²) in [7, 11) is 0. The average molecular weight is 522 g/mol. The molecule has 0 radical (unpaired) electrons. The standard InChI is InChI=1S/C23H15BrF3NO5/c1-12-21(14-8-18-19(31-11-30-18)9-17(14)32-12)22(29)28(16-5-3-2-4-15(16)24)10-13-6-7-20(33-13)23(25,26)27/h2-9H,10-11H2,1H3. The number of amides is 1. The van der Waals surface area contributed by atoms with E-state index in [9.17, 15) is 18.0 Å². The van der Waals surface area contributed by atoms with E-state index in [2.05, 4.69) is 15.9 Å². The lowest BCUT2D eigenvalue weighted by molar-refractivity contribution is -0.153. The van der Waals surface area contributed by atoms with Crippen LogP contribution >= 0.6 is 15.9 Å². The van der Waals surface area contributed by atoms with Crippen LogP contribution < -0.4 is 14.4 Å². The number of halogens is 4. The Hall–Kier alpha value is -3.40. The van der Waals surface area contributed by atoms with E-state index in [-0.39, 0.29) is 24.7 Å². The summed E-state index contributed by atoms with van der Waals surface area (Å²) in [4.78, 5) is 15.1. The highest BCUT2D eigenvalue weighted by Crippen LogP contribution is 2.40. The van der Waals surface area contributed by atoms with Crippen LogP contribution in [0.4, 0.5) is 18.9 Å². The van der Waals surface area contributed by atoms with Crippen molar-refractivity contribution in [3.05, 3.63) is 75.8 Å². The molecular weight excluding hydrogens is 507 g/mol. The number of anilines is 1. The van der Waals surface area contributed by atoms with Crippen molar-refractivity contribution < 1.29 is 36.3 Å². The molecule has 0 atom stereocenters. The van der Waals surface area contributed by atoms with E-state index in [0.29, 0.717) is 38.4 Å². The molecule has 4 aromatic rings. The van der Waals surface area contributed by atoms with Gasteiger partial charge in [-0.25, -0.2) is 0 Å². The summed E-state index contributed by atoms with van der Waals surface area (Å²) < 4.78 is 61.3. The first-order chi connectivity index (χ1) is 15.7. The molecule has 1 aliphatic heterocycles. The van der Waals surface area contributed by atoms with Gasteiger partial charge in [-0.3, -0.25) is 9.69 Å². The summed E-state index contributed by atoms with van der Waals surface area (Å²) in [6.07, 6.45) is -4.62. The predicted molar refractivity (Wildman–Crippen MR) is 115 cm³/mol. The first kappa shape index (κ1) is 21.4. The number of hydrogen-bond donors (Lipinski definition) is 0. The quantitative estimate of drug-likeness (QED) is 0.299. The minimum Gasteiger partial charge on any atom is -0.460 e. The van der Waals surface area contributed by atoms with Gasteiger partial charge in [-0.05, 0) is 53.2 Å². The van der Waals surface area contributed by atoms with Gasteiger partial charge in [0, 0.05) is 15.9 Å². The minimum atomic E-state index is -4.62. The van der Waals surface area contributed by atoms with E-state index in [1.54, 1.807) is 43.3 Å². The molecule has 0 unspecified atom stereocenters. The lowest BCUT2D eigenvalue weighted by Crippen LogP contribution is -2.31. The molecule has 0 spiro atoms. The van der Waals surface area contributed by atoms with Crippen molar-refractivity contribution >= 4 is 38.5 Å². The Bertz CT molecular complexity index is 1370. The fraction of sp³-hybridized carbons (Fsp3) is 0.174. The van der Waals surface area contributed by atoms with Crippen LogP contribution in [0.25, 0.3) is 11.0 Å². The van der Waals surface area contributed by atoms with Crippen LogP contribution in [-0.2, 0) is 12.7 Å². The van der Waals surface area contributed by atoms with E-state index >= 15 is 0 Å². The number of nitrogens with zero attached hydrogens (tertiary/aromatic N) is 1. The number of ether oxygens (including phenoxy) is 2. The number of para-hydroxylation sites is 1. The molecule has 3 heterocycles. The lowest BCUT2D eigenvalue weighted by Gasteiger charge is -2.23. The van der Waals surface area contributed by atoms with Gasteiger partial charge in [0.25, 0.3) is 5.91 Å². The van der Waals surface area contributed by atoms with Crippen molar-refractivity contribution in [3.63, 3.8) is 0 Å². The molecule has 170 valence electrons. The Kier molecular flexibility index (Phi) is 5.12. The molecule has 1 aliphatic rings. The van der Waals surface area contributed by atoms with E-state index in [1.165, 1.54) is 11.0 Å². The zero-order valence-electron chi connectivity index (χ0n) is 17.0. The Morgan fingerprint density at radius 1 is 1.06 bits per heavy atom. The lowest BCUT2D eigenvalue weighted by atomic mass is 10.1. The SMILES string of the molecule is Cc1oc2cc3c(cc2c1C(=O)N(Cc1ccc(C(F)(F)F)o1)c1ccccc1Br)OCO3. The number of carbonyl (C=O) groups excluding carboxylic acids is 1. The van der Waals surface area contributed by atoms with Crippen molar-refractivity contribution in [2.45, 2.75) is 19.6 Å². The van der Waals surface area contributed by atoms with E-state index < -0.39 is 17.8 Å². The maximum absolute atomic E-state index is 13.8. The van der Waals surface area contributed by atoms with Gasteiger partial charge in [0.05, 0.1) is 17.8 Å². The minimum absolute atomic E-state index is 0.0190. The number of hydrogen-bond acceptors (Lipinski definition) is 5. The van der Waals surface area contributed by atoms with Crippen LogP contribution in [-0.4, -0.2) is 12.7 Å². The van der Waals surface area contributed by atoms with Crippen LogP contribution in [0, 0.1) is 6.92 Å². The molecule has 0 bridgehead atoms. The summed E-state index contributed by atoms with van der Waals surface area (Å²) in [5.74, 6) is -0.281. The monoisotopic (exact) mass is 521 g/mol. The first-order valence-electron chi connectivity index (χ1n) is 9.77. The van der Waals surface area contributed by atoms with Crippen molar-refractivity contribution in [2.24, 2.45) is 0 Å². The Labute approximate surface area is 193 Å². The maximum atomic E-state index is 13.8. The molecular formula is C23H15BrF3NO5. The Morgan fingerprint density at radius 3 is 2.48 bits per heavy atom. The number of carbonyl (C=O) groups is 1. The highest BCUT2D eigenvalue weighted by Gasteiger charge is 2.35. The number of fused-ring (bicyclic) bond motifs is 2. The van der Waals surface area contributed by atoms with E-state index in [4.69, 9.17) is 18.3 Å². The van der Waals surface area contributed by atoms with Crippen molar-refractivity contribution in [1.29, 1.82) is 0 Å². The summed E-state index contributed by atoms with van der Waals surface area (Å²) in [6.45, 7) is 1.48. The molecule has 6 nitrogen and oxygen atoms in total. The van der Waals surface area contributed by atoms with Crippen LogP contribution in [0.15, 0.2) is 61.8 Å². The van der Waals surface area contributed by atoms with Gasteiger partial charge < -0.3 is 18.3 Å². The molecule has 5 rings (SSSR count). The zero-order chi connectivity index (χ0) is 23.3. The highest BCUT2D eigenvalue weighted by atomic mass is 79.9. The van der Waals surface area contributed by atoms with Crippen LogP contribution in [0.5, 0.6) is 11.5 Å². The fourth-order valence-corrected chi connectivity index (χ4v) is 4.22. The second kappa shape index (κ2) is 7.87. The molecule has 0 N–H and O–H groups in total. The van der Waals surface area contributed by atoms with Gasteiger partial charge in [-0.15, -0.1) is 0 Å². The van der Waals surface area contributed by atoms with Crippen LogP contribution in [0.2, 0.25) is 0 Å². The smallest absolute Gasteiger partial charge is 0.449 e. The molecule has 0 saturated heterocycles. The van der Waals surface area contributed by atoms with Gasteiger partial charge in [0.15, 0.2) is 11.5 Å². The maximum Gasteiger partial charge on any atom is 0.449 e. The van der Waals surface area contributed by atoms with Crippen molar-refractivity contribution in [1.82, 2.24) is 0 Å². The molecule has 10 heteroatoms. The summed E-state index contributed by atoms with van der Waals surface area (Å²) >= 11 is 3.42. The largest absolute Gasteiger partial charge is 0.460 e. The second-order valence-electron chi connectivity index (χ2n) is 7.34. The second-order valence-corrected chi connectivity index (χ2v) is 8.20.